The minimum atomic E-state index is -1.99. The summed E-state index contributed by atoms with van der Waals surface area (Å²) < 4.78 is 13.1. The molecule has 0 saturated carbocycles. The van der Waals surface area contributed by atoms with Crippen LogP contribution < -0.4 is 0 Å². The maximum Gasteiger partial charge on any atom is 0.314 e. The Morgan fingerprint density at radius 2 is 0.833 bits per heavy atom. The van der Waals surface area contributed by atoms with Gasteiger partial charge in [-0.25, -0.2) is 0 Å². The molecule has 24 heavy (non-hydrogen) atoms. The van der Waals surface area contributed by atoms with Gasteiger partial charge in [-0.2, -0.15) is 0 Å². The van der Waals surface area contributed by atoms with Gasteiger partial charge in [-0.15, -0.1) is 0 Å². The molecule has 0 atom stereocenters. The van der Waals surface area contributed by atoms with E-state index in [0.29, 0.717) is 0 Å². The van der Waals surface area contributed by atoms with Gasteiger partial charge in [0.25, 0.3) is 0 Å². The van der Waals surface area contributed by atoms with Crippen LogP contribution in [0.3, 0.4) is 0 Å². The number of rotatable bonds is 15. The maximum absolute atomic E-state index is 6.57. The van der Waals surface area contributed by atoms with Crippen LogP contribution in [0.15, 0.2) is 0 Å². The summed E-state index contributed by atoms with van der Waals surface area (Å²) in [7, 11) is -5.05. The molecule has 0 rings (SSSR count). The molecule has 0 radical (unpaired) electrons. The monoisotopic (exact) mass is 390 g/mol. The zero-order chi connectivity index (χ0) is 18.7. The van der Waals surface area contributed by atoms with Crippen molar-refractivity contribution in [2.45, 2.75) is 123 Å². The highest BCUT2D eigenvalue weighted by atomic mass is 28.5. The van der Waals surface area contributed by atoms with Crippen LogP contribution in [0.4, 0.5) is 0 Å². The fourth-order valence-electron chi connectivity index (χ4n) is 3.35. The predicted octanol–water partition coefficient (Wildman–Crippen LogP) is 7.68. The molecule has 0 aliphatic heterocycles. The van der Waals surface area contributed by atoms with Gasteiger partial charge in [-0.1, -0.05) is 71.1 Å². The van der Waals surface area contributed by atoms with E-state index >= 15 is 0 Å². The van der Waals surface area contributed by atoms with E-state index in [1.54, 1.807) is 0 Å². The Kier molecular flexibility index (Phi) is 12.3. The zero-order valence-corrected chi connectivity index (χ0v) is 21.1. The first kappa shape index (κ1) is 24.6. The molecule has 5 heteroatoms. The lowest BCUT2D eigenvalue weighted by molar-refractivity contribution is 0.380. The largest absolute Gasteiger partial charge is 0.437 e. The molecule has 2 nitrogen and oxygen atoms in total. The number of hydrogen-bond acceptors (Lipinski definition) is 2. The quantitative estimate of drug-likeness (QED) is 0.211. The third-order valence-corrected chi connectivity index (χ3v) is 13.6. The molecule has 0 saturated heterocycles. The molecule has 0 fully saturated rings. The summed E-state index contributed by atoms with van der Waals surface area (Å²) >= 11 is 0. The molecule has 0 aromatic heterocycles. The van der Waals surface area contributed by atoms with Crippen LogP contribution in [0.25, 0.3) is 0 Å². The second-order valence-electron chi connectivity index (χ2n) is 9.49. The van der Waals surface area contributed by atoms with E-state index in [9.17, 15) is 0 Å². The summed E-state index contributed by atoms with van der Waals surface area (Å²) in [6.45, 7) is 18.4. The maximum atomic E-state index is 6.57. The Morgan fingerprint density at radius 3 is 1.17 bits per heavy atom. The van der Waals surface area contributed by atoms with Gasteiger partial charge < -0.3 is 8.23 Å². The van der Waals surface area contributed by atoms with Gasteiger partial charge in [0, 0.05) is 0 Å². The second-order valence-corrected chi connectivity index (χ2v) is 22.3. The smallest absolute Gasteiger partial charge is 0.314 e. The van der Waals surface area contributed by atoms with E-state index in [1.165, 1.54) is 70.3 Å². The second kappa shape index (κ2) is 12.0. The first-order valence-electron chi connectivity index (χ1n) is 10.4. The van der Waals surface area contributed by atoms with Crippen LogP contribution in [0.1, 0.15) is 71.1 Å². The van der Waals surface area contributed by atoms with Crippen molar-refractivity contribution in [3.63, 3.8) is 0 Å². The minimum Gasteiger partial charge on any atom is -0.437 e. The highest BCUT2D eigenvalue weighted by Crippen LogP contribution is 2.26. The van der Waals surface area contributed by atoms with Crippen LogP contribution in [-0.2, 0) is 8.23 Å². The molecule has 0 aliphatic carbocycles. The first-order chi connectivity index (χ1) is 11.0. The zero-order valence-electron chi connectivity index (χ0n) is 18.1. The van der Waals surface area contributed by atoms with Crippen molar-refractivity contribution >= 4 is 25.2 Å². The lowest BCUT2D eigenvalue weighted by atomic mass is 10.1. The predicted molar refractivity (Wildman–Crippen MR) is 117 cm³/mol. The lowest BCUT2D eigenvalue weighted by Crippen LogP contribution is -2.52. The number of unbranched alkanes of at least 4 members (excludes halogenated alkanes) is 9. The SMILES string of the molecule is CCCCCCCCCCCC[Si](C)(O[Si](C)(C)C)O[Si](C)(C)C. The Labute approximate surface area is 156 Å². The molecule has 0 bridgehead atoms. The van der Waals surface area contributed by atoms with E-state index in [0.717, 1.165) is 0 Å². The molecule has 146 valence electrons. The van der Waals surface area contributed by atoms with Crippen LogP contribution in [-0.4, -0.2) is 25.2 Å². The van der Waals surface area contributed by atoms with Crippen LogP contribution >= 0.6 is 0 Å². The van der Waals surface area contributed by atoms with Crippen LogP contribution in [0, 0.1) is 0 Å². The molecule has 0 aliphatic rings. The molecule has 0 heterocycles. The van der Waals surface area contributed by atoms with Gasteiger partial charge in [-0.05, 0) is 51.9 Å². The Bertz CT molecular complexity index is 293. The normalized spacial score (nSPS) is 13.5. The molecule has 0 amide bonds. The summed E-state index contributed by atoms with van der Waals surface area (Å²) in [5.41, 5.74) is 0. The van der Waals surface area contributed by atoms with Gasteiger partial charge >= 0.3 is 8.56 Å². The topological polar surface area (TPSA) is 18.5 Å². The Morgan fingerprint density at radius 1 is 0.500 bits per heavy atom. The van der Waals surface area contributed by atoms with Crippen molar-refractivity contribution in [1.82, 2.24) is 0 Å². The summed E-state index contributed by atoms with van der Waals surface area (Å²) in [6, 6.07) is 1.18. The Balaban J connectivity index is 3.99. The van der Waals surface area contributed by atoms with Gasteiger partial charge in [0.2, 0.25) is 0 Å². The molecule has 0 aromatic carbocycles. The fourth-order valence-corrected chi connectivity index (χ4v) is 16.0. The molecular formula is C19H46O2Si3. The summed E-state index contributed by atoms with van der Waals surface area (Å²) in [4.78, 5) is 0. The van der Waals surface area contributed by atoms with E-state index in [1.807, 2.05) is 0 Å². The van der Waals surface area contributed by atoms with E-state index in [4.69, 9.17) is 8.23 Å². The van der Waals surface area contributed by atoms with Crippen molar-refractivity contribution < 1.29 is 8.23 Å². The molecular weight excluding hydrogens is 344 g/mol. The van der Waals surface area contributed by atoms with Crippen LogP contribution in [0.2, 0.25) is 51.9 Å². The van der Waals surface area contributed by atoms with Crippen molar-refractivity contribution in [2.75, 3.05) is 0 Å². The van der Waals surface area contributed by atoms with Crippen molar-refractivity contribution in [2.24, 2.45) is 0 Å². The summed E-state index contributed by atoms with van der Waals surface area (Å²) in [5.74, 6) is 0. The van der Waals surface area contributed by atoms with Crippen molar-refractivity contribution in [1.29, 1.82) is 0 Å². The highest BCUT2D eigenvalue weighted by Gasteiger charge is 2.39. The number of hydrogen-bond donors (Lipinski definition) is 0. The highest BCUT2D eigenvalue weighted by molar-refractivity contribution is 6.87. The standard InChI is InChI=1S/C19H46O2Si3/c1-9-10-11-12-13-14-15-16-17-18-19-24(8,20-22(2,3)4)21-23(5,6)7/h9-19H2,1-8H3. The lowest BCUT2D eigenvalue weighted by Gasteiger charge is -2.38. The van der Waals surface area contributed by atoms with Gasteiger partial charge in [-0.3, -0.25) is 0 Å². The van der Waals surface area contributed by atoms with Crippen molar-refractivity contribution in [3.8, 4) is 0 Å². The van der Waals surface area contributed by atoms with E-state index in [-0.39, 0.29) is 0 Å². The molecule has 0 unspecified atom stereocenters. The third-order valence-electron chi connectivity index (χ3n) is 4.03. The van der Waals surface area contributed by atoms with Gasteiger partial charge in [0.1, 0.15) is 0 Å². The first-order valence-corrected chi connectivity index (χ1v) is 19.7. The van der Waals surface area contributed by atoms with E-state index in [2.05, 4.69) is 52.8 Å². The van der Waals surface area contributed by atoms with Crippen LogP contribution in [0.5, 0.6) is 0 Å². The fraction of sp³-hybridized carbons (Fsp3) is 1.00. The summed E-state index contributed by atoms with van der Waals surface area (Å²) in [6.07, 6.45) is 13.9. The molecule has 0 N–H and O–H groups in total. The van der Waals surface area contributed by atoms with Gasteiger partial charge in [0.05, 0.1) is 0 Å². The molecule has 0 aromatic rings. The van der Waals surface area contributed by atoms with Gasteiger partial charge in [0.15, 0.2) is 16.6 Å². The average molecular weight is 391 g/mol. The molecule has 0 spiro atoms. The average Bonchev–Trinajstić information content (AvgIpc) is 2.36. The Hall–Kier alpha value is 0.571. The van der Waals surface area contributed by atoms with Crippen molar-refractivity contribution in [3.05, 3.63) is 0 Å². The van der Waals surface area contributed by atoms with E-state index < -0.39 is 25.2 Å². The summed E-state index contributed by atoms with van der Waals surface area (Å²) in [5, 5.41) is 0. The third kappa shape index (κ3) is 16.1. The minimum absolute atomic E-state index is 1.18.